The Balaban J connectivity index is 1.97. The number of hydrogen-bond acceptors (Lipinski definition) is 7. The summed E-state index contributed by atoms with van der Waals surface area (Å²) >= 11 is 1.64. The number of nitrogens with one attached hydrogen (secondary N) is 1. The highest BCUT2D eigenvalue weighted by Crippen LogP contribution is 2.37. The number of unbranched alkanes of at least 4 members (excludes halogenated alkanes) is 2. The molecular weight excluding hydrogens is 388 g/mol. The minimum atomic E-state index is -0.409. The largest absolute Gasteiger partial charge is 0.497 e. The van der Waals surface area contributed by atoms with E-state index in [1.165, 1.54) is 12.8 Å². The highest BCUT2D eigenvalue weighted by atomic mass is 32.2. The molecule has 0 spiro atoms. The van der Waals surface area contributed by atoms with E-state index in [-0.39, 0.29) is 5.97 Å². The molecule has 0 saturated heterocycles. The smallest absolute Gasteiger partial charge is 0.338 e. The van der Waals surface area contributed by atoms with Gasteiger partial charge in [-0.25, -0.2) is 9.48 Å². The topological polar surface area (TPSA) is 78.3 Å². The maximum absolute atomic E-state index is 12.8. The summed E-state index contributed by atoms with van der Waals surface area (Å²) < 4.78 is 12.4. The average Bonchev–Trinajstić information content (AvgIpc) is 3.12. The highest BCUT2D eigenvalue weighted by molar-refractivity contribution is 7.99. The maximum Gasteiger partial charge on any atom is 0.338 e. The predicted molar refractivity (Wildman–Crippen MR) is 114 cm³/mol. The van der Waals surface area contributed by atoms with Gasteiger partial charge in [0.15, 0.2) is 0 Å². The lowest BCUT2D eigenvalue weighted by atomic mass is 9.96. The van der Waals surface area contributed by atoms with Crippen LogP contribution >= 0.6 is 11.8 Å². The van der Waals surface area contributed by atoms with Gasteiger partial charge in [0.2, 0.25) is 11.1 Å². The molecule has 0 aliphatic carbocycles. The van der Waals surface area contributed by atoms with Crippen LogP contribution in [0.25, 0.3) is 0 Å². The van der Waals surface area contributed by atoms with Gasteiger partial charge in [-0.2, -0.15) is 4.98 Å². The molecule has 0 fully saturated rings. The minimum absolute atomic E-state index is 0.313. The molecule has 0 radical (unpaired) electrons. The average molecular weight is 417 g/mol. The lowest BCUT2D eigenvalue weighted by molar-refractivity contribution is -0.139. The molecule has 3 rings (SSSR count). The van der Waals surface area contributed by atoms with E-state index in [1.54, 1.807) is 30.5 Å². The summed E-state index contributed by atoms with van der Waals surface area (Å²) in [5.74, 6) is 2.01. The zero-order valence-corrected chi connectivity index (χ0v) is 18.2. The summed E-state index contributed by atoms with van der Waals surface area (Å²) in [4.78, 5) is 17.4. The molecule has 1 aliphatic heterocycles. The highest BCUT2D eigenvalue weighted by Gasteiger charge is 2.35. The molecule has 1 aliphatic rings. The Hall–Kier alpha value is -2.48. The second kappa shape index (κ2) is 9.82. The standard InChI is InChI=1S/C21H28N4O3S/c1-5-7-8-13-29-21-23-20-22-14(3)17(19(26)28-6-2)18(25(20)24-21)15-9-11-16(27-4)12-10-15/h9-12,18H,5-8,13H2,1-4H3,(H,22,23,24)/t18-/m1/s1. The Morgan fingerprint density at radius 3 is 2.66 bits per heavy atom. The van der Waals surface area contributed by atoms with Crippen molar-refractivity contribution in [2.45, 2.75) is 51.2 Å². The van der Waals surface area contributed by atoms with Crippen molar-refractivity contribution < 1.29 is 14.3 Å². The van der Waals surface area contributed by atoms with Crippen LogP contribution in [0.3, 0.4) is 0 Å². The Morgan fingerprint density at radius 1 is 1.24 bits per heavy atom. The SMILES string of the molecule is CCCCCSc1nc2n(n1)[C@H](c1ccc(OC)cc1)C(C(=O)OCC)=C(C)N2. The molecule has 1 atom stereocenters. The number of benzene rings is 1. The number of hydrogen-bond donors (Lipinski definition) is 1. The number of anilines is 1. The van der Waals surface area contributed by atoms with E-state index in [1.807, 2.05) is 31.2 Å². The van der Waals surface area contributed by atoms with Crippen LogP contribution in [0.1, 0.15) is 51.6 Å². The van der Waals surface area contributed by atoms with E-state index in [0.717, 1.165) is 29.2 Å². The lowest BCUT2D eigenvalue weighted by Crippen LogP contribution is -2.29. The number of nitrogens with zero attached hydrogens (tertiary/aromatic N) is 3. The number of rotatable bonds is 9. The first-order chi connectivity index (χ1) is 14.1. The Labute approximate surface area is 175 Å². The van der Waals surface area contributed by atoms with Gasteiger partial charge in [0, 0.05) is 11.4 Å². The van der Waals surface area contributed by atoms with Gasteiger partial charge in [-0.3, -0.25) is 0 Å². The summed E-state index contributed by atoms with van der Waals surface area (Å²) in [7, 11) is 1.63. The van der Waals surface area contributed by atoms with Crippen molar-refractivity contribution in [1.82, 2.24) is 14.8 Å². The monoisotopic (exact) mass is 416 g/mol. The zero-order valence-electron chi connectivity index (χ0n) is 17.4. The first-order valence-corrected chi connectivity index (χ1v) is 11.0. The van der Waals surface area contributed by atoms with Gasteiger partial charge in [0.1, 0.15) is 11.8 Å². The number of ether oxygens (including phenoxy) is 2. The molecule has 0 saturated carbocycles. The third-order valence-electron chi connectivity index (χ3n) is 4.74. The fraction of sp³-hybridized carbons (Fsp3) is 0.476. The van der Waals surface area contributed by atoms with E-state index < -0.39 is 6.04 Å². The van der Waals surface area contributed by atoms with Crippen LogP contribution in [0, 0.1) is 0 Å². The summed E-state index contributed by atoms with van der Waals surface area (Å²) in [5, 5.41) is 8.64. The van der Waals surface area contributed by atoms with Crippen LogP contribution in [0.4, 0.5) is 5.95 Å². The molecule has 7 nitrogen and oxygen atoms in total. The third-order valence-corrected chi connectivity index (χ3v) is 5.66. The van der Waals surface area contributed by atoms with E-state index in [9.17, 15) is 4.79 Å². The van der Waals surface area contributed by atoms with Crippen LogP contribution in [0.15, 0.2) is 40.7 Å². The number of aromatic nitrogens is 3. The van der Waals surface area contributed by atoms with E-state index in [0.29, 0.717) is 23.3 Å². The number of allylic oxidation sites excluding steroid dienone is 1. The fourth-order valence-electron chi connectivity index (χ4n) is 3.28. The summed E-state index contributed by atoms with van der Waals surface area (Å²) in [6.07, 6.45) is 3.51. The van der Waals surface area contributed by atoms with Crippen molar-refractivity contribution >= 4 is 23.7 Å². The molecule has 1 aromatic heterocycles. The molecule has 2 aromatic rings. The molecule has 0 unspecified atom stereocenters. The van der Waals surface area contributed by atoms with Crippen molar-refractivity contribution in [3.05, 3.63) is 41.1 Å². The van der Waals surface area contributed by atoms with Gasteiger partial charge in [0.25, 0.3) is 0 Å². The molecule has 0 amide bonds. The minimum Gasteiger partial charge on any atom is -0.497 e. The molecule has 156 valence electrons. The molecular formula is C21H28N4O3S. The molecule has 1 aromatic carbocycles. The van der Waals surface area contributed by atoms with Gasteiger partial charge in [-0.05, 0) is 38.0 Å². The summed E-state index contributed by atoms with van der Waals surface area (Å²) in [6.45, 7) is 6.17. The van der Waals surface area contributed by atoms with E-state index >= 15 is 0 Å². The number of methoxy groups -OCH3 is 1. The van der Waals surface area contributed by atoms with Crippen LogP contribution < -0.4 is 10.1 Å². The molecule has 0 bridgehead atoms. The zero-order chi connectivity index (χ0) is 20.8. The van der Waals surface area contributed by atoms with Crippen LogP contribution in [-0.2, 0) is 9.53 Å². The van der Waals surface area contributed by atoms with E-state index in [2.05, 4.69) is 17.2 Å². The normalized spacial score (nSPS) is 15.7. The van der Waals surface area contributed by atoms with Crippen LogP contribution in [0.2, 0.25) is 0 Å². The van der Waals surface area contributed by atoms with Crippen molar-refractivity contribution in [1.29, 1.82) is 0 Å². The second-order valence-corrected chi connectivity index (χ2v) is 7.84. The lowest BCUT2D eigenvalue weighted by Gasteiger charge is -2.28. The number of carbonyl (C=O) groups excluding carboxylic acids is 1. The first-order valence-electron chi connectivity index (χ1n) is 9.97. The van der Waals surface area contributed by atoms with Gasteiger partial charge in [-0.15, -0.1) is 5.10 Å². The fourth-order valence-corrected chi connectivity index (χ4v) is 4.10. The van der Waals surface area contributed by atoms with E-state index in [4.69, 9.17) is 14.6 Å². The quantitative estimate of drug-likeness (QED) is 0.368. The molecule has 1 N–H and O–H groups in total. The summed E-state index contributed by atoms with van der Waals surface area (Å²) in [6, 6.07) is 7.24. The molecule has 2 heterocycles. The maximum atomic E-state index is 12.8. The Bertz CT molecular complexity index is 877. The number of carbonyl (C=O) groups is 1. The van der Waals surface area contributed by atoms with Crippen molar-refractivity contribution in [3.8, 4) is 5.75 Å². The van der Waals surface area contributed by atoms with Crippen LogP contribution in [0.5, 0.6) is 5.75 Å². The number of fused-ring (bicyclic) bond motifs is 1. The van der Waals surface area contributed by atoms with Gasteiger partial charge >= 0.3 is 5.97 Å². The van der Waals surface area contributed by atoms with Crippen LogP contribution in [-0.4, -0.2) is 40.2 Å². The Morgan fingerprint density at radius 2 is 2.00 bits per heavy atom. The van der Waals surface area contributed by atoms with Gasteiger partial charge in [0.05, 0.1) is 19.3 Å². The predicted octanol–water partition coefficient (Wildman–Crippen LogP) is 4.42. The van der Waals surface area contributed by atoms with Crippen molar-refractivity contribution in [2.24, 2.45) is 0 Å². The van der Waals surface area contributed by atoms with Gasteiger partial charge in [-0.1, -0.05) is 43.7 Å². The second-order valence-electron chi connectivity index (χ2n) is 6.78. The molecule has 29 heavy (non-hydrogen) atoms. The first kappa shape index (κ1) is 21.2. The summed E-state index contributed by atoms with van der Waals surface area (Å²) in [5.41, 5.74) is 2.19. The van der Waals surface area contributed by atoms with Crippen molar-refractivity contribution in [2.75, 3.05) is 24.8 Å². The van der Waals surface area contributed by atoms with Gasteiger partial charge < -0.3 is 14.8 Å². The third kappa shape index (κ3) is 4.75. The number of esters is 1. The number of thioether (sulfide) groups is 1. The van der Waals surface area contributed by atoms with Crippen molar-refractivity contribution in [3.63, 3.8) is 0 Å². The molecule has 8 heteroatoms. The Kier molecular flexibility index (Phi) is 7.19.